The molecule has 14 heavy (non-hydrogen) atoms. The molecule has 0 spiro atoms. The van der Waals surface area contributed by atoms with Gasteiger partial charge in [-0.25, -0.2) is 4.79 Å². The quantitative estimate of drug-likeness (QED) is 0.355. The highest BCUT2D eigenvalue weighted by atomic mass is 16.5. The Balaban J connectivity index is 3.81. The Morgan fingerprint density at radius 2 is 1.71 bits per heavy atom. The average Bonchev–Trinajstić information content (AvgIpc) is 2.15. The zero-order chi connectivity index (χ0) is 11.0. The molecule has 5 heteroatoms. The van der Waals surface area contributed by atoms with Crippen LogP contribution in [0.3, 0.4) is 0 Å². The van der Waals surface area contributed by atoms with Crippen molar-refractivity contribution in [3.8, 4) is 0 Å². The van der Waals surface area contributed by atoms with Gasteiger partial charge in [0.25, 0.3) is 5.78 Å². The monoisotopic (exact) mass is 202 g/mol. The zero-order valence-corrected chi connectivity index (χ0v) is 8.37. The van der Waals surface area contributed by atoms with Crippen molar-refractivity contribution in [2.75, 3.05) is 13.2 Å². The first-order chi connectivity index (χ1) is 6.61. The Labute approximate surface area is 82.4 Å². The van der Waals surface area contributed by atoms with Crippen LogP contribution in [0.2, 0.25) is 0 Å². The molecule has 0 bridgehead atoms. The zero-order valence-electron chi connectivity index (χ0n) is 8.37. The van der Waals surface area contributed by atoms with Gasteiger partial charge in [-0.1, -0.05) is 6.92 Å². The first-order valence-corrected chi connectivity index (χ1v) is 4.47. The molecule has 80 valence electrons. The lowest BCUT2D eigenvalue weighted by Gasteiger charge is -2.02. The number of hydrogen-bond acceptors (Lipinski definition) is 5. The molecule has 0 unspecified atom stereocenters. The Morgan fingerprint density at radius 3 is 2.21 bits per heavy atom. The number of carbonyl (C=O) groups excluding carboxylic acids is 3. The summed E-state index contributed by atoms with van der Waals surface area (Å²) in [6.07, 6.45) is 0.137. The molecule has 0 atom stereocenters. The fourth-order valence-corrected chi connectivity index (χ4v) is 0.682. The minimum Gasteiger partial charge on any atom is -0.465 e. The lowest BCUT2D eigenvalue weighted by atomic mass is 10.3. The Kier molecular flexibility index (Phi) is 6.36. The summed E-state index contributed by atoms with van der Waals surface area (Å²) in [5.74, 6) is -2.54. The van der Waals surface area contributed by atoms with E-state index in [1.54, 1.807) is 6.92 Å². The largest absolute Gasteiger partial charge is 0.465 e. The van der Waals surface area contributed by atoms with Crippen LogP contribution in [-0.4, -0.2) is 30.9 Å². The fourth-order valence-electron chi connectivity index (χ4n) is 0.682. The van der Waals surface area contributed by atoms with Crippen LogP contribution in [0.15, 0.2) is 0 Å². The van der Waals surface area contributed by atoms with Crippen molar-refractivity contribution in [3.63, 3.8) is 0 Å². The van der Waals surface area contributed by atoms with Crippen molar-refractivity contribution in [2.24, 2.45) is 0 Å². The molecule has 0 aromatic heterocycles. The highest BCUT2D eigenvalue weighted by Crippen LogP contribution is 1.93. The molecule has 0 saturated carbocycles. The molecule has 0 N–H and O–H groups in total. The SMILES string of the molecule is CCCOC(=O)CC(=O)C(=O)OCC. The van der Waals surface area contributed by atoms with E-state index in [2.05, 4.69) is 9.47 Å². The molecule has 0 amide bonds. The smallest absolute Gasteiger partial charge is 0.375 e. The van der Waals surface area contributed by atoms with Gasteiger partial charge in [0.15, 0.2) is 0 Å². The Bertz CT molecular complexity index is 221. The highest BCUT2D eigenvalue weighted by Gasteiger charge is 2.19. The van der Waals surface area contributed by atoms with Crippen LogP contribution in [0.4, 0.5) is 0 Å². The first-order valence-electron chi connectivity index (χ1n) is 4.47. The Hall–Kier alpha value is -1.39. The summed E-state index contributed by atoms with van der Waals surface area (Å²) in [6, 6.07) is 0. The number of ketones is 1. The van der Waals surface area contributed by atoms with Crippen LogP contribution < -0.4 is 0 Å². The third kappa shape index (κ3) is 5.29. The van der Waals surface area contributed by atoms with Crippen LogP contribution in [-0.2, 0) is 23.9 Å². The topological polar surface area (TPSA) is 69.7 Å². The minimum absolute atomic E-state index is 0.120. The summed E-state index contributed by atoms with van der Waals surface area (Å²) in [6.45, 7) is 3.80. The molecule has 0 radical (unpaired) electrons. The summed E-state index contributed by atoms with van der Waals surface area (Å²) in [7, 11) is 0. The summed E-state index contributed by atoms with van der Waals surface area (Å²) in [5, 5.41) is 0. The van der Waals surface area contributed by atoms with Crippen LogP contribution in [0.5, 0.6) is 0 Å². The minimum atomic E-state index is -0.985. The van der Waals surface area contributed by atoms with E-state index in [0.29, 0.717) is 6.42 Å². The van der Waals surface area contributed by atoms with Gasteiger partial charge in [0, 0.05) is 0 Å². The number of Topliss-reactive ketones (excluding diaryl/α,β-unsaturated/α-hetero) is 1. The second-order valence-electron chi connectivity index (χ2n) is 2.54. The first kappa shape index (κ1) is 12.6. The van der Waals surface area contributed by atoms with Crippen molar-refractivity contribution in [3.05, 3.63) is 0 Å². The molecule has 0 aliphatic carbocycles. The third-order valence-electron chi connectivity index (χ3n) is 1.28. The van der Waals surface area contributed by atoms with Crippen molar-refractivity contribution in [2.45, 2.75) is 26.7 Å². The van der Waals surface area contributed by atoms with Crippen LogP contribution in [0.1, 0.15) is 26.7 Å². The summed E-state index contributed by atoms with van der Waals surface area (Å²) < 4.78 is 9.04. The summed E-state index contributed by atoms with van der Waals surface area (Å²) in [4.78, 5) is 32.6. The van der Waals surface area contributed by atoms with E-state index in [9.17, 15) is 14.4 Å². The van der Waals surface area contributed by atoms with Gasteiger partial charge in [-0.3, -0.25) is 9.59 Å². The van der Waals surface area contributed by atoms with Gasteiger partial charge < -0.3 is 9.47 Å². The van der Waals surface area contributed by atoms with Crippen LogP contribution in [0.25, 0.3) is 0 Å². The Morgan fingerprint density at radius 1 is 1.07 bits per heavy atom. The van der Waals surface area contributed by atoms with Gasteiger partial charge in [-0.05, 0) is 13.3 Å². The summed E-state index contributed by atoms with van der Waals surface area (Å²) >= 11 is 0. The number of esters is 2. The van der Waals surface area contributed by atoms with E-state index in [4.69, 9.17) is 0 Å². The van der Waals surface area contributed by atoms with Gasteiger partial charge in [0.05, 0.1) is 13.2 Å². The van der Waals surface area contributed by atoms with Gasteiger partial charge >= 0.3 is 11.9 Å². The van der Waals surface area contributed by atoms with Crippen molar-refractivity contribution < 1.29 is 23.9 Å². The molecule has 5 nitrogen and oxygen atoms in total. The van der Waals surface area contributed by atoms with Gasteiger partial charge in [-0.2, -0.15) is 0 Å². The molecule has 0 saturated heterocycles. The second kappa shape index (κ2) is 7.06. The predicted octanol–water partition coefficient (Wildman–Crippen LogP) is 0.462. The molecule has 0 aromatic carbocycles. The molecule has 0 rings (SSSR count). The van der Waals surface area contributed by atoms with E-state index in [0.717, 1.165) is 0 Å². The fraction of sp³-hybridized carbons (Fsp3) is 0.667. The maximum atomic E-state index is 10.9. The number of rotatable bonds is 6. The van der Waals surface area contributed by atoms with E-state index in [1.165, 1.54) is 0 Å². The van der Waals surface area contributed by atoms with Crippen LogP contribution in [0, 0.1) is 0 Å². The van der Waals surface area contributed by atoms with Crippen LogP contribution >= 0.6 is 0 Å². The lowest BCUT2D eigenvalue weighted by molar-refractivity contribution is -0.157. The van der Waals surface area contributed by atoms with E-state index in [-0.39, 0.29) is 13.2 Å². The van der Waals surface area contributed by atoms with Gasteiger partial charge in [-0.15, -0.1) is 0 Å². The third-order valence-corrected chi connectivity index (χ3v) is 1.28. The lowest BCUT2D eigenvalue weighted by Crippen LogP contribution is -2.21. The molecule has 0 fully saturated rings. The summed E-state index contributed by atoms with van der Waals surface area (Å²) in [5.41, 5.74) is 0. The maximum Gasteiger partial charge on any atom is 0.375 e. The maximum absolute atomic E-state index is 10.9. The normalized spacial score (nSPS) is 9.29. The molecule has 0 aromatic rings. The van der Waals surface area contributed by atoms with Crippen molar-refractivity contribution >= 4 is 17.7 Å². The number of carbonyl (C=O) groups is 3. The highest BCUT2D eigenvalue weighted by molar-refractivity contribution is 6.36. The van der Waals surface area contributed by atoms with E-state index < -0.39 is 24.1 Å². The standard InChI is InChI=1S/C9H14O5/c1-3-5-14-8(11)6-7(10)9(12)13-4-2/h3-6H2,1-2H3. The van der Waals surface area contributed by atoms with Gasteiger partial charge in [0.2, 0.25) is 0 Å². The predicted molar refractivity (Wildman–Crippen MR) is 47.5 cm³/mol. The number of hydrogen-bond donors (Lipinski definition) is 0. The average molecular weight is 202 g/mol. The molecular weight excluding hydrogens is 188 g/mol. The molecular formula is C9H14O5. The molecule has 0 aliphatic rings. The second-order valence-corrected chi connectivity index (χ2v) is 2.54. The molecule has 0 heterocycles. The van der Waals surface area contributed by atoms with Crippen molar-refractivity contribution in [1.29, 1.82) is 0 Å². The number of ether oxygens (including phenoxy) is 2. The molecule has 0 aliphatic heterocycles. The van der Waals surface area contributed by atoms with E-state index >= 15 is 0 Å². The van der Waals surface area contributed by atoms with E-state index in [1.807, 2.05) is 6.92 Å². The van der Waals surface area contributed by atoms with Crippen molar-refractivity contribution in [1.82, 2.24) is 0 Å². The van der Waals surface area contributed by atoms with Gasteiger partial charge in [0.1, 0.15) is 6.42 Å².